The first-order chi connectivity index (χ1) is 12.9. The summed E-state index contributed by atoms with van der Waals surface area (Å²) in [6.45, 7) is 2.11. The molecule has 0 heterocycles. The fourth-order valence-corrected chi connectivity index (χ4v) is 3.68. The van der Waals surface area contributed by atoms with E-state index in [1.807, 2.05) is 0 Å². The summed E-state index contributed by atoms with van der Waals surface area (Å²) in [4.78, 5) is 23.3. The molecule has 1 aliphatic carbocycles. The lowest BCUT2D eigenvalue weighted by molar-refractivity contribution is -0.140. The van der Waals surface area contributed by atoms with Crippen LogP contribution in [0.5, 0.6) is 0 Å². The molecule has 5 unspecified atom stereocenters. The molecule has 5 atom stereocenters. The van der Waals surface area contributed by atoms with Crippen molar-refractivity contribution in [2.24, 2.45) is 11.8 Å². The number of unbranched alkanes of at least 4 members (excludes halogenated alkanes) is 3. The Hall–Kier alpha value is -1.24. The zero-order valence-corrected chi connectivity index (χ0v) is 16.7. The number of aliphatic hydroxyl groups excluding tert-OH is 3. The van der Waals surface area contributed by atoms with Crippen LogP contribution in [0.25, 0.3) is 0 Å². The SMILES string of the molecule is CCCCCC(O)/C=C/C1C(O)CC(O)C1CC(=O)CCCCC(=O)OC. The minimum absolute atomic E-state index is 0.0277. The van der Waals surface area contributed by atoms with Gasteiger partial charge in [0.1, 0.15) is 5.78 Å². The Morgan fingerprint density at radius 1 is 1.11 bits per heavy atom. The maximum atomic E-state index is 12.2. The van der Waals surface area contributed by atoms with Crippen molar-refractivity contribution in [3.05, 3.63) is 12.2 Å². The standard InChI is InChI=1S/C21H36O6/c1-3-4-5-8-15(22)11-12-17-18(20(25)14-19(17)24)13-16(23)9-6-7-10-21(26)27-2/h11-12,15,17-20,22,24-25H,3-10,13-14H2,1-2H3/b12-11+. The van der Waals surface area contributed by atoms with Gasteiger partial charge >= 0.3 is 5.97 Å². The summed E-state index contributed by atoms with van der Waals surface area (Å²) in [5.41, 5.74) is 0. The number of methoxy groups -OCH3 is 1. The molecule has 0 aromatic heterocycles. The van der Waals surface area contributed by atoms with E-state index in [4.69, 9.17) is 0 Å². The first-order valence-corrected chi connectivity index (χ1v) is 10.2. The lowest BCUT2D eigenvalue weighted by Crippen LogP contribution is -2.24. The Bertz CT molecular complexity index is 475. The predicted molar refractivity (Wildman–Crippen MR) is 103 cm³/mol. The van der Waals surface area contributed by atoms with Crippen molar-refractivity contribution in [3.63, 3.8) is 0 Å². The monoisotopic (exact) mass is 384 g/mol. The van der Waals surface area contributed by atoms with Gasteiger partial charge in [-0.05, 0) is 19.3 Å². The van der Waals surface area contributed by atoms with E-state index >= 15 is 0 Å². The van der Waals surface area contributed by atoms with Crippen molar-refractivity contribution >= 4 is 11.8 Å². The van der Waals surface area contributed by atoms with Gasteiger partial charge in [-0.1, -0.05) is 38.3 Å². The molecule has 1 aliphatic rings. The largest absolute Gasteiger partial charge is 0.469 e. The average molecular weight is 385 g/mol. The summed E-state index contributed by atoms with van der Waals surface area (Å²) in [5, 5.41) is 30.5. The molecule has 6 nitrogen and oxygen atoms in total. The Labute approximate surface area is 162 Å². The Morgan fingerprint density at radius 2 is 1.81 bits per heavy atom. The number of esters is 1. The van der Waals surface area contributed by atoms with E-state index in [1.54, 1.807) is 12.2 Å². The van der Waals surface area contributed by atoms with E-state index < -0.39 is 18.3 Å². The summed E-state index contributed by atoms with van der Waals surface area (Å²) in [6, 6.07) is 0. The molecular weight excluding hydrogens is 348 g/mol. The average Bonchev–Trinajstić information content (AvgIpc) is 2.89. The van der Waals surface area contributed by atoms with Gasteiger partial charge in [-0.2, -0.15) is 0 Å². The quantitative estimate of drug-likeness (QED) is 0.256. The van der Waals surface area contributed by atoms with Crippen molar-refractivity contribution in [1.29, 1.82) is 0 Å². The predicted octanol–water partition coefficient (Wildman–Crippen LogP) is 2.53. The highest BCUT2D eigenvalue weighted by molar-refractivity contribution is 5.78. The molecular formula is C21H36O6. The number of ketones is 1. The van der Waals surface area contributed by atoms with Gasteiger partial charge in [-0.3, -0.25) is 9.59 Å². The number of aliphatic hydroxyl groups is 3. The van der Waals surface area contributed by atoms with Gasteiger partial charge < -0.3 is 20.1 Å². The molecule has 0 amide bonds. The van der Waals surface area contributed by atoms with Gasteiger partial charge in [0.2, 0.25) is 0 Å². The molecule has 0 aromatic rings. The minimum atomic E-state index is -0.717. The van der Waals surface area contributed by atoms with Crippen LogP contribution in [0.1, 0.15) is 71.1 Å². The highest BCUT2D eigenvalue weighted by Gasteiger charge is 2.41. The van der Waals surface area contributed by atoms with Gasteiger partial charge in [0, 0.05) is 37.5 Å². The zero-order valence-electron chi connectivity index (χ0n) is 16.7. The van der Waals surface area contributed by atoms with Crippen LogP contribution >= 0.6 is 0 Å². The van der Waals surface area contributed by atoms with E-state index in [-0.39, 0.29) is 36.4 Å². The number of Topliss-reactive ketones (excluding diaryl/α,β-unsaturated/α-hetero) is 1. The van der Waals surface area contributed by atoms with Crippen LogP contribution in [-0.4, -0.2) is 52.5 Å². The first-order valence-electron chi connectivity index (χ1n) is 10.2. The molecule has 0 spiro atoms. The minimum Gasteiger partial charge on any atom is -0.469 e. The van der Waals surface area contributed by atoms with Gasteiger partial charge in [-0.15, -0.1) is 0 Å². The van der Waals surface area contributed by atoms with Crippen LogP contribution < -0.4 is 0 Å². The maximum Gasteiger partial charge on any atom is 0.305 e. The highest BCUT2D eigenvalue weighted by Crippen LogP contribution is 2.36. The van der Waals surface area contributed by atoms with Crippen LogP contribution in [0.4, 0.5) is 0 Å². The molecule has 0 radical (unpaired) electrons. The molecule has 1 saturated carbocycles. The highest BCUT2D eigenvalue weighted by atomic mass is 16.5. The maximum absolute atomic E-state index is 12.2. The fourth-order valence-electron chi connectivity index (χ4n) is 3.68. The van der Waals surface area contributed by atoms with E-state index in [0.29, 0.717) is 32.1 Å². The molecule has 0 saturated heterocycles. The number of carbonyl (C=O) groups excluding carboxylic acids is 2. The fraction of sp³-hybridized carbons (Fsp3) is 0.810. The second kappa shape index (κ2) is 13.0. The first kappa shape index (κ1) is 23.8. The van der Waals surface area contributed by atoms with E-state index in [1.165, 1.54) is 7.11 Å². The second-order valence-electron chi connectivity index (χ2n) is 7.59. The zero-order chi connectivity index (χ0) is 20.2. The van der Waals surface area contributed by atoms with Crippen molar-refractivity contribution in [1.82, 2.24) is 0 Å². The summed E-state index contributed by atoms with van der Waals surface area (Å²) in [7, 11) is 1.34. The molecule has 1 rings (SSSR count). The third-order valence-electron chi connectivity index (χ3n) is 5.35. The molecule has 3 N–H and O–H groups in total. The number of carbonyl (C=O) groups is 2. The molecule has 6 heteroatoms. The smallest absolute Gasteiger partial charge is 0.305 e. The lowest BCUT2D eigenvalue weighted by atomic mass is 9.87. The number of hydrogen-bond acceptors (Lipinski definition) is 6. The molecule has 0 aliphatic heterocycles. The van der Waals surface area contributed by atoms with Crippen LogP contribution in [0.2, 0.25) is 0 Å². The van der Waals surface area contributed by atoms with Crippen molar-refractivity contribution < 1.29 is 29.6 Å². The molecule has 156 valence electrons. The third-order valence-corrected chi connectivity index (χ3v) is 5.35. The van der Waals surface area contributed by atoms with Crippen LogP contribution in [-0.2, 0) is 14.3 Å². The van der Waals surface area contributed by atoms with Crippen molar-refractivity contribution in [2.75, 3.05) is 7.11 Å². The molecule has 27 heavy (non-hydrogen) atoms. The van der Waals surface area contributed by atoms with Gasteiger partial charge in [-0.25, -0.2) is 0 Å². The van der Waals surface area contributed by atoms with Gasteiger partial charge in [0.25, 0.3) is 0 Å². The number of ether oxygens (including phenoxy) is 1. The van der Waals surface area contributed by atoms with Crippen LogP contribution in [0, 0.1) is 11.8 Å². The Balaban J connectivity index is 2.48. The Kier molecular flexibility index (Phi) is 11.5. The lowest BCUT2D eigenvalue weighted by Gasteiger charge is -2.20. The van der Waals surface area contributed by atoms with Crippen molar-refractivity contribution in [2.45, 2.75) is 89.4 Å². The topological polar surface area (TPSA) is 104 Å². The van der Waals surface area contributed by atoms with E-state index in [2.05, 4.69) is 11.7 Å². The number of rotatable bonds is 13. The van der Waals surface area contributed by atoms with E-state index in [0.717, 1.165) is 19.3 Å². The van der Waals surface area contributed by atoms with Gasteiger partial charge in [0.05, 0.1) is 25.4 Å². The third kappa shape index (κ3) is 9.00. The summed E-state index contributed by atoms with van der Waals surface area (Å²) in [5.74, 6) is -0.897. The van der Waals surface area contributed by atoms with Crippen LogP contribution in [0.15, 0.2) is 12.2 Å². The molecule has 0 aromatic carbocycles. The van der Waals surface area contributed by atoms with E-state index in [9.17, 15) is 24.9 Å². The summed E-state index contributed by atoms with van der Waals surface area (Å²) in [6.07, 6.45) is 7.60. The molecule has 0 bridgehead atoms. The summed E-state index contributed by atoms with van der Waals surface area (Å²) >= 11 is 0. The van der Waals surface area contributed by atoms with Crippen LogP contribution in [0.3, 0.4) is 0 Å². The Morgan fingerprint density at radius 3 is 2.48 bits per heavy atom. The van der Waals surface area contributed by atoms with Crippen molar-refractivity contribution in [3.8, 4) is 0 Å². The molecule has 1 fully saturated rings. The van der Waals surface area contributed by atoms with Gasteiger partial charge in [0.15, 0.2) is 0 Å². The normalized spacial score (nSPS) is 26.4. The number of hydrogen-bond donors (Lipinski definition) is 3. The second-order valence-corrected chi connectivity index (χ2v) is 7.59. The summed E-state index contributed by atoms with van der Waals surface area (Å²) < 4.78 is 4.57.